The van der Waals surface area contributed by atoms with Crippen LogP contribution in [0.3, 0.4) is 0 Å². The van der Waals surface area contributed by atoms with Gasteiger partial charge in [-0.1, -0.05) is 31.5 Å². The van der Waals surface area contributed by atoms with Crippen LogP contribution >= 0.6 is 0 Å². The molecule has 1 amide bonds. The topological polar surface area (TPSA) is 93.5 Å². The molecule has 1 unspecified atom stereocenters. The standard InChI is InChI=1S/C19H25N3O4/c1-12(2)17-15(18(23)21-16(19(24)25)9-10-26-4)11-20-22(17)14-7-5-13(3)6-8-14/h5-8,11-12,16H,9-10H2,1-4H3,(H,21,23)(H,24,25). The van der Waals surface area contributed by atoms with Gasteiger partial charge in [-0.15, -0.1) is 0 Å². The lowest BCUT2D eigenvalue weighted by atomic mass is 10.0. The Morgan fingerprint density at radius 2 is 1.92 bits per heavy atom. The van der Waals surface area contributed by atoms with Gasteiger partial charge in [-0.25, -0.2) is 9.48 Å². The van der Waals surface area contributed by atoms with Crippen LogP contribution in [0.1, 0.15) is 47.8 Å². The second-order valence-electron chi connectivity index (χ2n) is 6.49. The number of carboxylic acid groups (broad SMARTS) is 1. The molecule has 0 aliphatic heterocycles. The van der Waals surface area contributed by atoms with Crippen LogP contribution in [-0.4, -0.2) is 46.5 Å². The summed E-state index contributed by atoms with van der Waals surface area (Å²) in [5.41, 5.74) is 3.10. The fourth-order valence-electron chi connectivity index (χ4n) is 2.71. The van der Waals surface area contributed by atoms with Crippen molar-refractivity contribution in [2.75, 3.05) is 13.7 Å². The molecule has 2 aromatic rings. The summed E-state index contributed by atoms with van der Waals surface area (Å²) >= 11 is 0. The molecular weight excluding hydrogens is 334 g/mol. The van der Waals surface area contributed by atoms with Crippen LogP contribution in [-0.2, 0) is 9.53 Å². The Balaban J connectivity index is 2.32. The number of rotatable bonds is 8. The quantitative estimate of drug-likeness (QED) is 0.755. The Bertz CT molecular complexity index is 766. The minimum absolute atomic E-state index is 0.0295. The van der Waals surface area contributed by atoms with E-state index in [1.165, 1.54) is 13.3 Å². The zero-order chi connectivity index (χ0) is 19.3. The van der Waals surface area contributed by atoms with Gasteiger partial charge in [-0.3, -0.25) is 4.79 Å². The van der Waals surface area contributed by atoms with E-state index in [4.69, 9.17) is 4.74 Å². The minimum atomic E-state index is -1.09. The molecule has 2 rings (SSSR count). The normalized spacial score (nSPS) is 12.2. The maximum Gasteiger partial charge on any atom is 0.326 e. The maximum absolute atomic E-state index is 12.7. The molecule has 2 N–H and O–H groups in total. The zero-order valence-electron chi connectivity index (χ0n) is 15.5. The summed E-state index contributed by atoms with van der Waals surface area (Å²) in [6.07, 6.45) is 1.68. The SMILES string of the molecule is COCCC(NC(=O)c1cnn(-c2ccc(C)cc2)c1C(C)C)C(=O)O. The Labute approximate surface area is 153 Å². The van der Waals surface area contributed by atoms with Gasteiger partial charge in [-0.2, -0.15) is 5.10 Å². The molecule has 0 fully saturated rings. The van der Waals surface area contributed by atoms with Gasteiger partial charge in [0.1, 0.15) is 6.04 Å². The summed E-state index contributed by atoms with van der Waals surface area (Å²) in [6.45, 7) is 6.19. The summed E-state index contributed by atoms with van der Waals surface area (Å²) in [4.78, 5) is 24.0. The average Bonchev–Trinajstić information content (AvgIpc) is 3.04. The van der Waals surface area contributed by atoms with Gasteiger partial charge in [0.2, 0.25) is 0 Å². The van der Waals surface area contributed by atoms with Crippen molar-refractivity contribution in [3.63, 3.8) is 0 Å². The fourth-order valence-corrected chi connectivity index (χ4v) is 2.71. The van der Waals surface area contributed by atoms with E-state index in [0.29, 0.717) is 5.56 Å². The Hall–Kier alpha value is -2.67. The zero-order valence-corrected chi connectivity index (χ0v) is 15.5. The molecule has 7 nitrogen and oxygen atoms in total. The number of benzene rings is 1. The largest absolute Gasteiger partial charge is 0.480 e. The molecule has 0 radical (unpaired) electrons. The molecular formula is C19H25N3O4. The first-order valence-electron chi connectivity index (χ1n) is 8.52. The van der Waals surface area contributed by atoms with Crippen LogP contribution in [0.4, 0.5) is 0 Å². The average molecular weight is 359 g/mol. The lowest BCUT2D eigenvalue weighted by Gasteiger charge is -2.16. The van der Waals surface area contributed by atoms with Gasteiger partial charge in [0.25, 0.3) is 5.91 Å². The van der Waals surface area contributed by atoms with Crippen LogP contribution < -0.4 is 5.32 Å². The van der Waals surface area contributed by atoms with E-state index in [1.54, 1.807) is 4.68 Å². The van der Waals surface area contributed by atoms with E-state index >= 15 is 0 Å². The van der Waals surface area contributed by atoms with Gasteiger partial charge in [0, 0.05) is 20.1 Å². The highest BCUT2D eigenvalue weighted by Gasteiger charge is 2.25. The van der Waals surface area contributed by atoms with Crippen molar-refractivity contribution in [1.82, 2.24) is 15.1 Å². The Kier molecular flexibility index (Phi) is 6.52. The molecule has 0 bridgehead atoms. The summed E-state index contributed by atoms with van der Waals surface area (Å²) in [7, 11) is 1.49. The van der Waals surface area contributed by atoms with E-state index in [9.17, 15) is 14.7 Å². The summed E-state index contributed by atoms with van der Waals surface area (Å²) in [5.74, 6) is -1.51. The third kappa shape index (κ3) is 4.49. The smallest absolute Gasteiger partial charge is 0.326 e. The number of aliphatic carboxylic acids is 1. The number of aromatic nitrogens is 2. The molecule has 1 atom stereocenters. The number of hydrogen-bond acceptors (Lipinski definition) is 4. The number of amides is 1. The number of carbonyl (C=O) groups excluding carboxylic acids is 1. The first-order valence-corrected chi connectivity index (χ1v) is 8.52. The lowest BCUT2D eigenvalue weighted by Crippen LogP contribution is -2.41. The molecule has 140 valence electrons. The summed E-state index contributed by atoms with van der Waals surface area (Å²) in [6, 6.07) is 6.83. The molecule has 26 heavy (non-hydrogen) atoms. The van der Waals surface area contributed by atoms with Crippen molar-refractivity contribution < 1.29 is 19.4 Å². The van der Waals surface area contributed by atoms with Crippen LogP contribution in [0.25, 0.3) is 5.69 Å². The Morgan fingerprint density at radius 3 is 2.46 bits per heavy atom. The van der Waals surface area contributed by atoms with Crippen molar-refractivity contribution in [2.45, 2.75) is 39.2 Å². The predicted octanol–water partition coefficient (Wildman–Crippen LogP) is 2.52. The minimum Gasteiger partial charge on any atom is -0.480 e. The van der Waals surface area contributed by atoms with E-state index in [2.05, 4.69) is 10.4 Å². The van der Waals surface area contributed by atoms with Crippen molar-refractivity contribution >= 4 is 11.9 Å². The Morgan fingerprint density at radius 1 is 1.27 bits per heavy atom. The van der Waals surface area contributed by atoms with E-state index in [0.717, 1.165) is 16.9 Å². The van der Waals surface area contributed by atoms with Crippen molar-refractivity contribution in [3.8, 4) is 5.69 Å². The van der Waals surface area contributed by atoms with Crippen LogP contribution in [0.15, 0.2) is 30.5 Å². The molecule has 0 saturated carbocycles. The van der Waals surface area contributed by atoms with Crippen LogP contribution in [0, 0.1) is 6.92 Å². The van der Waals surface area contributed by atoms with E-state index < -0.39 is 17.9 Å². The van der Waals surface area contributed by atoms with Gasteiger partial charge in [0.05, 0.1) is 23.1 Å². The van der Waals surface area contributed by atoms with E-state index in [1.807, 2.05) is 45.0 Å². The van der Waals surface area contributed by atoms with Crippen LogP contribution in [0.2, 0.25) is 0 Å². The molecule has 1 aromatic heterocycles. The predicted molar refractivity (Wildman–Crippen MR) is 97.8 cm³/mol. The van der Waals surface area contributed by atoms with Crippen molar-refractivity contribution in [3.05, 3.63) is 47.3 Å². The molecule has 0 aliphatic rings. The highest BCUT2D eigenvalue weighted by Crippen LogP contribution is 2.23. The van der Waals surface area contributed by atoms with Crippen molar-refractivity contribution in [2.24, 2.45) is 0 Å². The first-order chi connectivity index (χ1) is 12.3. The molecule has 7 heteroatoms. The van der Waals surface area contributed by atoms with Gasteiger partial charge in [0.15, 0.2) is 0 Å². The second-order valence-corrected chi connectivity index (χ2v) is 6.49. The number of aryl methyl sites for hydroxylation is 1. The summed E-state index contributed by atoms with van der Waals surface area (Å²) < 4.78 is 6.64. The first kappa shape index (κ1) is 19.7. The van der Waals surface area contributed by atoms with Gasteiger partial charge >= 0.3 is 5.97 Å². The number of nitrogens with zero attached hydrogens (tertiary/aromatic N) is 2. The third-order valence-corrected chi connectivity index (χ3v) is 4.09. The highest BCUT2D eigenvalue weighted by atomic mass is 16.5. The van der Waals surface area contributed by atoms with Crippen molar-refractivity contribution in [1.29, 1.82) is 0 Å². The lowest BCUT2D eigenvalue weighted by molar-refractivity contribution is -0.139. The molecule has 0 saturated heterocycles. The number of hydrogen-bond donors (Lipinski definition) is 2. The molecule has 1 aromatic carbocycles. The van der Waals surface area contributed by atoms with Crippen LogP contribution in [0.5, 0.6) is 0 Å². The molecule has 1 heterocycles. The number of carboxylic acids is 1. The number of carbonyl (C=O) groups is 2. The highest BCUT2D eigenvalue weighted by molar-refractivity contribution is 5.97. The molecule has 0 aliphatic carbocycles. The number of nitrogens with one attached hydrogen (secondary N) is 1. The molecule has 0 spiro atoms. The number of methoxy groups -OCH3 is 1. The van der Waals surface area contributed by atoms with Gasteiger partial charge in [-0.05, 0) is 25.0 Å². The van der Waals surface area contributed by atoms with E-state index in [-0.39, 0.29) is 18.9 Å². The summed E-state index contributed by atoms with van der Waals surface area (Å²) in [5, 5.41) is 16.2. The third-order valence-electron chi connectivity index (χ3n) is 4.09. The maximum atomic E-state index is 12.7. The second kappa shape index (κ2) is 8.62. The number of ether oxygens (including phenoxy) is 1. The van der Waals surface area contributed by atoms with Gasteiger partial charge < -0.3 is 15.2 Å². The monoisotopic (exact) mass is 359 g/mol. The fraction of sp³-hybridized carbons (Fsp3) is 0.421.